The SMILES string of the molecule is F.F.F.F.N.[SiH4]. The maximum absolute atomic E-state index is 0. The third-order valence-electron chi connectivity index (χ3n) is 0. The monoisotopic (exact) mass is 129 g/mol. The van der Waals surface area contributed by atoms with Crippen LogP contribution in [0.3, 0.4) is 0 Å². The molecule has 6 heteroatoms. The van der Waals surface area contributed by atoms with Gasteiger partial charge >= 0.3 is 0 Å². The maximum atomic E-state index is 0. The van der Waals surface area contributed by atoms with E-state index in [0.717, 1.165) is 0 Å². The van der Waals surface area contributed by atoms with Gasteiger partial charge in [-0.1, -0.05) is 0 Å². The molecule has 0 rings (SSSR count). The lowest BCUT2D eigenvalue weighted by Gasteiger charge is -0.344. The summed E-state index contributed by atoms with van der Waals surface area (Å²) in [6.07, 6.45) is 0. The molecule has 0 aromatic rings. The lowest BCUT2D eigenvalue weighted by atomic mass is 14.0. The number of hydrogen-bond donors (Lipinski definition) is 1. The van der Waals surface area contributed by atoms with Crippen molar-refractivity contribution < 1.29 is 18.8 Å². The quantitative estimate of drug-likeness (QED) is 0.341. The van der Waals surface area contributed by atoms with Crippen LogP contribution in [0.4, 0.5) is 18.8 Å². The van der Waals surface area contributed by atoms with E-state index in [2.05, 4.69) is 0 Å². The average molecular weight is 129 g/mol. The Morgan fingerprint density at radius 2 is 0.500 bits per heavy atom. The van der Waals surface area contributed by atoms with Crippen molar-refractivity contribution in [1.82, 2.24) is 6.15 Å². The maximum Gasteiger partial charge on any atom is -0.0149 e. The molecule has 0 fully saturated rings. The Bertz CT molecular complexity index is 7.51. The Kier molecular flexibility index (Phi) is 15500000. The van der Waals surface area contributed by atoms with E-state index in [-0.39, 0.29) is 35.9 Å². The van der Waals surface area contributed by atoms with E-state index in [1.807, 2.05) is 0 Å². The van der Waals surface area contributed by atoms with Gasteiger partial charge in [0.05, 0.1) is 0 Å². The van der Waals surface area contributed by atoms with Crippen LogP contribution in [-0.4, -0.2) is 11.0 Å². The van der Waals surface area contributed by atoms with Crippen LogP contribution in [0.15, 0.2) is 0 Å². The summed E-state index contributed by atoms with van der Waals surface area (Å²) in [5.74, 6) is 0. The van der Waals surface area contributed by atoms with Crippen molar-refractivity contribution in [3.05, 3.63) is 0 Å². The molecule has 3 N–H and O–H groups in total. The summed E-state index contributed by atoms with van der Waals surface area (Å²) < 4.78 is 0. The Morgan fingerprint density at radius 3 is 0.500 bits per heavy atom. The molecule has 0 bridgehead atoms. The van der Waals surface area contributed by atoms with Crippen molar-refractivity contribution in [3.8, 4) is 0 Å². The van der Waals surface area contributed by atoms with Gasteiger partial charge in [0.25, 0.3) is 0 Å². The second-order valence-corrected chi connectivity index (χ2v) is 0. The molecule has 0 aliphatic carbocycles. The molecule has 48 valence electrons. The molecule has 1 nitrogen and oxygen atoms in total. The highest BCUT2D eigenvalue weighted by Gasteiger charge is -0.0148. The molecule has 0 aliphatic rings. The van der Waals surface area contributed by atoms with E-state index in [9.17, 15) is 0 Å². The summed E-state index contributed by atoms with van der Waals surface area (Å²) in [4.78, 5) is 0. The summed E-state index contributed by atoms with van der Waals surface area (Å²) in [6, 6.07) is 0. The normalized spacial score (nSPS) is 0. The third kappa shape index (κ3) is 3080. The summed E-state index contributed by atoms with van der Waals surface area (Å²) in [7, 11) is 0. The fourth-order valence-electron chi connectivity index (χ4n) is 0. The first-order valence-corrected chi connectivity index (χ1v) is 0. The molecular weight excluding hydrogens is 118 g/mol. The number of hydrogen-bond acceptors (Lipinski definition) is 1. The Morgan fingerprint density at radius 1 is 0.500 bits per heavy atom. The standard InChI is InChI=1S/4FH.H3N.H4Si/h4*1H;1H3;1H4. The van der Waals surface area contributed by atoms with Gasteiger partial charge in [0.2, 0.25) is 0 Å². The van der Waals surface area contributed by atoms with E-state index in [1.54, 1.807) is 0 Å². The molecule has 0 aliphatic heterocycles. The minimum atomic E-state index is 0. The lowest BCUT2D eigenvalue weighted by molar-refractivity contribution is 1.11. The van der Waals surface area contributed by atoms with Crippen molar-refractivity contribution in [2.24, 2.45) is 0 Å². The second kappa shape index (κ2) is 6990. The van der Waals surface area contributed by atoms with Crippen LogP contribution in [0.5, 0.6) is 0 Å². The summed E-state index contributed by atoms with van der Waals surface area (Å²) in [6.45, 7) is 0. The molecule has 6 heavy (non-hydrogen) atoms. The van der Waals surface area contributed by atoms with Crippen molar-refractivity contribution in [2.75, 3.05) is 0 Å². The Hall–Kier alpha value is -0.103. The molecule has 0 aromatic heterocycles. The molecule has 0 heterocycles. The second-order valence-electron chi connectivity index (χ2n) is 0. The summed E-state index contributed by atoms with van der Waals surface area (Å²) >= 11 is 0. The molecule has 0 saturated heterocycles. The van der Waals surface area contributed by atoms with Gasteiger partial charge in [-0.2, -0.15) is 0 Å². The highest BCUT2D eigenvalue weighted by Crippen LogP contribution is 0.423. The summed E-state index contributed by atoms with van der Waals surface area (Å²) in [5.41, 5.74) is 0. The Balaban J connectivity index is 0. The molecule has 0 saturated carbocycles. The largest absolute Gasteiger partial charge is 0.344 e. The molecule has 0 aromatic carbocycles. The van der Waals surface area contributed by atoms with Crippen molar-refractivity contribution >= 4 is 11.0 Å². The molecule has 0 unspecified atom stereocenters. The minimum absolute atomic E-state index is 0. The van der Waals surface area contributed by atoms with Crippen molar-refractivity contribution in [2.45, 2.75) is 0 Å². The van der Waals surface area contributed by atoms with Crippen LogP contribution in [-0.2, 0) is 0 Å². The fourth-order valence-corrected chi connectivity index (χ4v) is 0. The van der Waals surface area contributed by atoms with Gasteiger partial charge in [0.15, 0.2) is 0 Å². The van der Waals surface area contributed by atoms with E-state index < -0.39 is 0 Å². The van der Waals surface area contributed by atoms with Crippen molar-refractivity contribution in [3.63, 3.8) is 0 Å². The third-order valence-corrected chi connectivity index (χ3v) is 0. The minimum Gasteiger partial charge on any atom is -0.344 e. The average Bonchev–Trinajstić information content (AvgIpc) is 0. The zero-order valence-corrected chi connectivity index (χ0v) is 2.34. The predicted molar refractivity (Wildman–Crippen MR) is 26.4 cm³/mol. The smallest absolute Gasteiger partial charge is 0.0149 e. The zero-order chi connectivity index (χ0) is 0. The van der Waals surface area contributed by atoms with Gasteiger partial charge in [-0.15, -0.1) is 0 Å². The van der Waals surface area contributed by atoms with Crippen LogP contribution >= 0.6 is 0 Å². The lowest BCUT2D eigenvalue weighted by Crippen LogP contribution is -0.481. The van der Waals surface area contributed by atoms with Gasteiger partial charge in [-0.25, -0.2) is 0 Å². The molecular formula is H11F4NSi. The van der Waals surface area contributed by atoms with Crippen LogP contribution < -0.4 is 6.15 Å². The van der Waals surface area contributed by atoms with Gasteiger partial charge < -0.3 is 6.15 Å². The summed E-state index contributed by atoms with van der Waals surface area (Å²) in [5, 5.41) is 0. The zero-order valence-electron chi connectivity index (χ0n) is 2.34. The predicted octanol–water partition coefficient (Wildman–Crippen LogP) is -0.680. The topological polar surface area (TPSA) is 35.0 Å². The van der Waals surface area contributed by atoms with Gasteiger partial charge in [0.1, 0.15) is 0 Å². The van der Waals surface area contributed by atoms with Gasteiger partial charge in [-0.05, 0) is 11.0 Å². The van der Waals surface area contributed by atoms with E-state index in [1.165, 1.54) is 0 Å². The first-order chi connectivity index (χ1) is 0. The van der Waals surface area contributed by atoms with E-state index >= 15 is 0 Å². The van der Waals surface area contributed by atoms with Crippen molar-refractivity contribution in [1.29, 1.82) is 0 Å². The fraction of sp³-hybridized carbons (Fsp3) is 0. The molecule has 0 atom stereocenters. The van der Waals surface area contributed by atoms with Gasteiger partial charge in [0, 0.05) is 0 Å². The molecule has 0 spiro atoms. The highest BCUT2D eigenvalue weighted by atomic mass is 28.1. The first-order valence-electron chi connectivity index (χ1n) is 0. The Labute approximate surface area is 37.2 Å². The van der Waals surface area contributed by atoms with E-state index in [0.29, 0.717) is 0 Å². The van der Waals surface area contributed by atoms with Crippen LogP contribution in [0.1, 0.15) is 0 Å². The van der Waals surface area contributed by atoms with Crippen LogP contribution in [0.25, 0.3) is 0 Å². The number of halogens is 4. The number of rotatable bonds is 0. The van der Waals surface area contributed by atoms with Gasteiger partial charge in [-0.3, -0.25) is 18.8 Å². The van der Waals surface area contributed by atoms with Crippen LogP contribution in [0.2, 0.25) is 0 Å². The first kappa shape index (κ1) is 13300. The molecule has 0 radical (unpaired) electrons. The molecule has 0 amide bonds. The highest BCUT2D eigenvalue weighted by molar-refractivity contribution is 5.75. The van der Waals surface area contributed by atoms with E-state index in [4.69, 9.17) is 0 Å². The van der Waals surface area contributed by atoms with Crippen LogP contribution in [0, 0.1) is 0 Å².